The third-order valence-corrected chi connectivity index (χ3v) is 2.59. The zero-order valence-electron chi connectivity index (χ0n) is 10.0. The molecule has 7 nitrogen and oxygen atoms in total. The summed E-state index contributed by atoms with van der Waals surface area (Å²) in [6, 6.07) is 5.51. The van der Waals surface area contributed by atoms with Crippen molar-refractivity contribution in [3.8, 4) is 5.82 Å². The van der Waals surface area contributed by atoms with Crippen LogP contribution in [0.2, 0.25) is 0 Å². The first-order valence-corrected chi connectivity index (χ1v) is 5.71. The molecule has 0 amide bonds. The molecule has 0 spiro atoms. The Bertz CT molecular complexity index is 647. The zero-order valence-corrected chi connectivity index (χ0v) is 10.0. The molecule has 0 saturated carbocycles. The predicted octanol–water partition coefficient (Wildman–Crippen LogP) is 1.45. The summed E-state index contributed by atoms with van der Waals surface area (Å²) >= 11 is 0. The van der Waals surface area contributed by atoms with Crippen molar-refractivity contribution in [1.29, 1.82) is 0 Å². The molecule has 3 aromatic rings. The molecule has 96 valence electrons. The first-order valence-electron chi connectivity index (χ1n) is 5.71. The fourth-order valence-corrected chi connectivity index (χ4v) is 1.69. The normalized spacial score (nSPS) is 10.5. The molecule has 3 rings (SSSR count). The Morgan fingerprint density at radius 1 is 1.32 bits per heavy atom. The molecule has 0 saturated heterocycles. The molecule has 0 bridgehead atoms. The number of rotatable bonds is 4. The average Bonchev–Trinajstić information content (AvgIpc) is 3.11. The molecule has 0 aliphatic heterocycles. The van der Waals surface area contributed by atoms with Crippen LogP contribution in [0.3, 0.4) is 0 Å². The summed E-state index contributed by atoms with van der Waals surface area (Å²) in [7, 11) is 0. The van der Waals surface area contributed by atoms with Gasteiger partial charge < -0.3 is 15.5 Å². The number of nitrogens with one attached hydrogen (secondary N) is 1. The van der Waals surface area contributed by atoms with Crippen molar-refractivity contribution in [2.75, 3.05) is 11.1 Å². The second-order valence-corrected chi connectivity index (χ2v) is 3.84. The van der Waals surface area contributed by atoms with Crippen LogP contribution < -0.4 is 11.1 Å². The van der Waals surface area contributed by atoms with Crippen molar-refractivity contribution in [2.45, 2.75) is 6.54 Å². The molecule has 0 aliphatic carbocycles. The number of nitrogen functional groups attached to an aromatic ring is 1. The van der Waals surface area contributed by atoms with Crippen molar-refractivity contribution in [3.63, 3.8) is 0 Å². The molecule has 0 atom stereocenters. The van der Waals surface area contributed by atoms with Crippen LogP contribution in [0.15, 0.2) is 47.6 Å². The van der Waals surface area contributed by atoms with Crippen LogP contribution >= 0.6 is 0 Å². The highest BCUT2D eigenvalue weighted by molar-refractivity contribution is 5.68. The lowest BCUT2D eigenvalue weighted by atomic mass is 10.4. The van der Waals surface area contributed by atoms with E-state index in [-0.39, 0.29) is 0 Å². The minimum atomic E-state index is 0.442. The van der Waals surface area contributed by atoms with Gasteiger partial charge in [-0.25, -0.2) is 14.6 Å². The van der Waals surface area contributed by atoms with Crippen LogP contribution in [0.1, 0.15) is 5.76 Å². The van der Waals surface area contributed by atoms with Crippen LogP contribution in [0, 0.1) is 0 Å². The Morgan fingerprint density at radius 2 is 2.26 bits per heavy atom. The van der Waals surface area contributed by atoms with E-state index in [2.05, 4.69) is 20.4 Å². The monoisotopic (exact) mass is 256 g/mol. The van der Waals surface area contributed by atoms with Gasteiger partial charge in [-0.2, -0.15) is 5.10 Å². The van der Waals surface area contributed by atoms with E-state index in [0.29, 0.717) is 23.9 Å². The molecule has 3 aromatic heterocycles. The summed E-state index contributed by atoms with van der Waals surface area (Å²) in [4.78, 5) is 8.25. The molecular formula is C12H12N6O. The molecule has 0 aliphatic rings. The van der Waals surface area contributed by atoms with Crippen LogP contribution in [-0.4, -0.2) is 19.7 Å². The first-order chi connectivity index (χ1) is 9.34. The number of anilines is 2. The molecule has 19 heavy (non-hydrogen) atoms. The highest BCUT2D eigenvalue weighted by Gasteiger charge is 2.10. The van der Waals surface area contributed by atoms with Gasteiger partial charge in [0.05, 0.1) is 12.8 Å². The molecule has 0 unspecified atom stereocenters. The second-order valence-electron chi connectivity index (χ2n) is 3.84. The number of nitrogens with zero attached hydrogens (tertiary/aromatic N) is 4. The third kappa shape index (κ3) is 2.25. The summed E-state index contributed by atoms with van der Waals surface area (Å²) in [5.74, 6) is 1.90. The van der Waals surface area contributed by atoms with Gasteiger partial charge in [0.25, 0.3) is 0 Å². The van der Waals surface area contributed by atoms with Crippen LogP contribution in [0.25, 0.3) is 5.82 Å². The third-order valence-electron chi connectivity index (χ3n) is 2.59. The van der Waals surface area contributed by atoms with Crippen LogP contribution in [0.4, 0.5) is 11.5 Å². The highest BCUT2D eigenvalue weighted by atomic mass is 16.3. The van der Waals surface area contributed by atoms with Gasteiger partial charge >= 0.3 is 0 Å². The maximum absolute atomic E-state index is 6.04. The van der Waals surface area contributed by atoms with E-state index >= 15 is 0 Å². The largest absolute Gasteiger partial charge is 0.467 e. The maximum atomic E-state index is 6.04. The summed E-state index contributed by atoms with van der Waals surface area (Å²) in [6.07, 6.45) is 6.50. The Labute approximate surface area is 109 Å². The average molecular weight is 256 g/mol. The number of nitrogens with two attached hydrogens (primary N) is 1. The molecule has 0 aromatic carbocycles. The van der Waals surface area contributed by atoms with Gasteiger partial charge in [-0.3, -0.25) is 0 Å². The smallest absolute Gasteiger partial charge is 0.181 e. The zero-order chi connectivity index (χ0) is 13.1. The Hall–Kier alpha value is -2.83. The van der Waals surface area contributed by atoms with Crippen LogP contribution in [-0.2, 0) is 6.54 Å². The molecule has 0 radical (unpaired) electrons. The van der Waals surface area contributed by atoms with Crippen molar-refractivity contribution in [2.24, 2.45) is 0 Å². The molecule has 3 N–H and O–H groups in total. The molecule has 7 heteroatoms. The summed E-state index contributed by atoms with van der Waals surface area (Å²) < 4.78 is 6.83. The number of hydrogen-bond acceptors (Lipinski definition) is 6. The standard InChI is InChI=1S/C12H12N6O/c13-10-11(14-7-9-3-1-6-19-9)15-8-16-12(10)18-5-2-4-17-18/h1-6,8H,7,13H2,(H,14,15,16). The van der Waals surface area contributed by atoms with Gasteiger partial charge in [-0.15, -0.1) is 0 Å². The van der Waals surface area contributed by atoms with Crippen molar-refractivity contribution >= 4 is 11.5 Å². The van der Waals surface area contributed by atoms with Gasteiger partial charge in [0.1, 0.15) is 17.8 Å². The molecule has 0 fully saturated rings. The minimum absolute atomic E-state index is 0.442. The van der Waals surface area contributed by atoms with Gasteiger partial charge in [-0.1, -0.05) is 0 Å². The van der Waals surface area contributed by atoms with E-state index in [1.54, 1.807) is 29.4 Å². The lowest BCUT2D eigenvalue weighted by Gasteiger charge is -2.09. The van der Waals surface area contributed by atoms with Crippen molar-refractivity contribution < 1.29 is 4.42 Å². The van der Waals surface area contributed by atoms with Gasteiger partial charge in [0.2, 0.25) is 0 Å². The van der Waals surface area contributed by atoms with Crippen LogP contribution in [0.5, 0.6) is 0 Å². The van der Waals surface area contributed by atoms with E-state index in [4.69, 9.17) is 10.2 Å². The number of furan rings is 1. The van der Waals surface area contributed by atoms with E-state index in [0.717, 1.165) is 5.76 Å². The molecular weight excluding hydrogens is 244 g/mol. The Morgan fingerprint density at radius 3 is 3.00 bits per heavy atom. The number of aromatic nitrogens is 4. The quantitative estimate of drug-likeness (QED) is 0.733. The fraction of sp³-hybridized carbons (Fsp3) is 0.0833. The van der Waals surface area contributed by atoms with Gasteiger partial charge in [-0.05, 0) is 18.2 Å². The van der Waals surface area contributed by atoms with E-state index < -0.39 is 0 Å². The van der Waals surface area contributed by atoms with E-state index in [1.807, 2.05) is 12.1 Å². The highest BCUT2D eigenvalue weighted by Crippen LogP contribution is 2.21. The minimum Gasteiger partial charge on any atom is -0.467 e. The lowest BCUT2D eigenvalue weighted by molar-refractivity contribution is 0.518. The van der Waals surface area contributed by atoms with Crippen molar-refractivity contribution in [1.82, 2.24) is 19.7 Å². The number of hydrogen-bond donors (Lipinski definition) is 2. The predicted molar refractivity (Wildman–Crippen MR) is 69.6 cm³/mol. The second kappa shape index (κ2) is 4.81. The summed E-state index contributed by atoms with van der Waals surface area (Å²) in [5.41, 5.74) is 6.48. The summed E-state index contributed by atoms with van der Waals surface area (Å²) in [5, 5.41) is 7.21. The lowest BCUT2D eigenvalue weighted by Crippen LogP contribution is -2.09. The Balaban J connectivity index is 1.84. The van der Waals surface area contributed by atoms with E-state index in [1.165, 1.54) is 6.33 Å². The van der Waals surface area contributed by atoms with E-state index in [9.17, 15) is 0 Å². The van der Waals surface area contributed by atoms with Gasteiger partial charge in [0.15, 0.2) is 11.6 Å². The first kappa shape index (κ1) is 11.3. The Kier molecular flexibility index (Phi) is 2.85. The maximum Gasteiger partial charge on any atom is 0.181 e. The topological polar surface area (TPSA) is 94.8 Å². The van der Waals surface area contributed by atoms with Crippen molar-refractivity contribution in [3.05, 3.63) is 48.9 Å². The van der Waals surface area contributed by atoms with Gasteiger partial charge in [0, 0.05) is 12.4 Å². The molecule has 3 heterocycles. The SMILES string of the molecule is Nc1c(NCc2ccco2)ncnc1-n1cccn1. The summed E-state index contributed by atoms with van der Waals surface area (Å²) in [6.45, 7) is 0.507. The fourth-order valence-electron chi connectivity index (χ4n) is 1.69.